The fraction of sp³-hybridized carbons (Fsp3) is 0.125. The van der Waals surface area contributed by atoms with Crippen molar-refractivity contribution >= 4 is 5.78 Å². The quantitative estimate of drug-likeness (QED) is 0.394. The van der Waals surface area contributed by atoms with E-state index < -0.39 is 11.8 Å². The Morgan fingerprint density at radius 2 is 1.83 bits per heavy atom. The molecule has 1 heterocycles. The van der Waals surface area contributed by atoms with Crippen molar-refractivity contribution in [3.05, 3.63) is 35.9 Å². The molecule has 1 aliphatic rings. The second kappa shape index (κ2) is 2.38. The molecule has 1 N–H and O–H groups in total. The summed E-state index contributed by atoms with van der Waals surface area (Å²) in [5.74, 6) is -2.61. The third kappa shape index (κ3) is 1.12. The van der Waals surface area contributed by atoms with E-state index in [1.165, 1.54) is 0 Å². The van der Waals surface area contributed by atoms with E-state index in [-0.39, 0.29) is 0 Å². The molecule has 1 fully saturated rings. The van der Waals surface area contributed by atoms with E-state index in [0.717, 1.165) is 0 Å². The third-order valence-electron chi connectivity index (χ3n) is 1.56. The maximum absolute atomic E-state index is 11.2. The summed E-state index contributed by atoms with van der Waals surface area (Å²) in [6, 6.07) is 8.31. The van der Waals surface area contributed by atoms with Crippen LogP contribution in [0.25, 0.3) is 0 Å². The van der Waals surface area contributed by atoms with Crippen LogP contribution < -0.4 is 0 Å². The Morgan fingerprint density at radius 1 is 1.25 bits per heavy atom. The van der Waals surface area contributed by atoms with E-state index >= 15 is 0 Å². The molecule has 4 heteroatoms. The molecule has 1 saturated heterocycles. The fourth-order valence-corrected chi connectivity index (χ4v) is 0.887. The molecule has 0 aromatic heterocycles. The molecule has 0 aliphatic carbocycles. The Morgan fingerprint density at radius 3 is 2.33 bits per heavy atom. The molecule has 0 amide bonds. The van der Waals surface area contributed by atoms with Gasteiger partial charge in [0.15, 0.2) is 0 Å². The standard InChI is InChI=1S/C8H6O4/c9-7(8(10)11-12-8)6-4-2-1-3-5-6/h1-5,10H. The molecule has 12 heavy (non-hydrogen) atoms. The molecule has 62 valence electrons. The zero-order chi connectivity index (χ0) is 8.60. The fourth-order valence-electron chi connectivity index (χ4n) is 0.887. The van der Waals surface area contributed by atoms with E-state index in [2.05, 4.69) is 9.78 Å². The van der Waals surface area contributed by atoms with Gasteiger partial charge in [-0.05, 0) is 0 Å². The van der Waals surface area contributed by atoms with Crippen molar-refractivity contribution < 1.29 is 19.7 Å². The highest BCUT2D eigenvalue weighted by molar-refractivity contribution is 6.01. The van der Waals surface area contributed by atoms with E-state index in [4.69, 9.17) is 5.11 Å². The average molecular weight is 166 g/mol. The minimum atomic E-state index is -2.03. The van der Waals surface area contributed by atoms with Crippen molar-refractivity contribution in [1.29, 1.82) is 0 Å². The van der Waals surface area contributed by atoms with E-state index in [1.54, 1.807) is 30.3 Å². The van der Waals surface area contributed by atoms with Gasteiger partial charge >= 0.3 is 5.97 Å². The van der Waals surface area contributed by atoms with E-state index in [1.807, 2.05) is 0 Å². The smallest absolute Gasteiger partial charge is 0.333 e. The lowest BCUT2D eigenvalue weighted by Gasteiger charge is -1.97. The average Bonchev–Trinajstić information content (AvgIpc) is 2.85. The number of benzene rings is 1. The number of Topliss-reactive ketones (excluding diaryl/α,β-unsaturated/α-hetero) is 1. The maximum Gasteiger partial charge on any atom is 0.402 e. The second-order valence-corrected chi connectivity index (χ2v) is 2.44. The summed E-state index contributed by atoms with van der Waals surface area (Å²) in [6.07, 6.45) is 0. The van der Waals surface area contributed by atoms with Crippen LogP contribution >= 0.6 is 0 Å². The molecular weight excluding hydrogens is 160 g/mol. The number of hydrogen-bond acceptors (Lipinski definition) is 4. The van der Waals surface area contributed by atoms with Crippen LogP contribution in [0.4, 0.5) is 0 Å². The first-order valence-electron chi connectivity index (χ1n) is 3.41. The first-order valence-corrected chi connectivity index (χ1v) is 3.41. The van der Waals surface area contributed by atoms with Crippen molar-refractivity contribution in [2.45, 2.75) is 5.97 Å². The lowest BCUT2D eigenvalue weighted by molar-refractivity contribution is 0.0266. The van der Waals surface area contributed by atoms with Crippen LogP contribution in [0.3, 0.4) is 0 Å². The number of rotatable bonds is 2. The van der Waals surface area contributed by atoms with Gasteiger partial charge in [0, 0.05) is 5.56 Å². The molecule has 0 spiro atoms. The highest BCUT2D eigenvalue weighted by Gasteiger charge is 2.55. The summed E-state index contributed by atoms with van der Waals surface area (Å²) in [5.41, 5.74) is 0.359. The lowest BCUT2D eigenvalue weighted by Crippen LogP contribution is -2.23. The molecule has 4 nitrogen and oxygen atoms in total. The number of aliphatic hydroxyl groups is 1. The van der Waals surface area contributed by atoms with Crippen LogP contribution in [0.2, 0.25) is 0 Å². The molecule has 1 aromatic carbocycles. The van der Waals surface area contributed by atoms with Crippen LogP contribution in [-0.4, -0.2) is 16.9 Å². The Balaban J connectivity index is 2.26. The monoisotopic (exact) mass is 166 g/mol. The number of ketones is 1. The van der Waals surface area contributed by atoms with Crippen molar-refractivity contribution in [2.75, 3.05) is 0 Å². The van der Waals surface area contributed by atoms with Crippen LogP contribution in [0, 0.1) is 0 Å². The predicted molar refractivity (Wildman–Crippen MR) is 37.9 cm³/mol. The second-order valence-electron chi connectivity index (χ2n) is 2.44. The highest BCUT2D eigenvalue weighted by atomic mass is 17.4. The Labute approximate surface area is 68.3 Å². The summed E-state index contributed by atoms with van der Waals surface area (Å²) in [6.45, 7) is 0. The molecular formula is C8H6O4. The van der Waals surface area contributed by atoms with Crippen molar-refractivity contribution in [3.8, 4) is 0 Å². The minimum absolute atomic E-state index is 0.359. The Hall–Kier alpha value is -1.23. The van der Waals surface area contributed by atoms with Gasteiger partial charge in [0.1, 0.15) is 0 Å². The topological polar surface area (TPSA) is 62.4 Å². The molecule has 0 radical (unpaired) electrons. The summed E-state index contributed by atoms with van der Waals surface area (Å²) < 4.78 is 0. The van der Waals surface area contributed by atoms with Gasteiger partial charge in [0.25, 0.3) is 5.78 Å². The maximum atomic E-state index is 11.2. The predicted octanol–water partition coefficient (Wildman–Crippen LogP) is 0.477. The number of carbonyl (C=O) groups is 1. The normalized spacial score (nSPS) is 18.8. The summed E-state index contributed by atoms with van der Waals surface area (Å²) >= 11 is 0. The van der Waals surface area contributed by atoms with Gasteiger partial charge in [-0.15, -0.1) is 0 Å². The Kier molecular flexibility index (Phi) is 1.47. The first kappa shape index (κ1) is 7.42. The number of hydrogen-bond donors (Lipinski definition) is 1. The van der Waals surface area contributed by atoms with Crippen LogP contribution in [0.15, 0.2) is 30.3 Å². The largest absolute Gasteiger partial charge is 0.402 e. The molecule has 0 bridgehead atoms. The van der Waals surface area contributed by atoms with Crippen molar-refractivity contribution in [3.63, 3.8) is 0 Å². The van der Waals surface area contributed by atoms with Crippen LogP contribution in [0.5, 0.6) is 0 Å². The Bertz CT molecular complexity index is 302. The van der Waals surface area contributed by atoms with Gasteiger partial charge in [-0.1, -0.05) is 30.3 Å². The van der Waals surface area contributed by atoms with E-state index in [0.29, 0.717) is 5.56 Å². The molecule has 1 aromatic rings. The molecule has 0 saturated carbocycles. The molecule has 1 aliphatic heterocycles. The molecule has 0 atom stereocenters. The minimum Gasteiger partial charge on any atom is -0.333 e. The molecule has 0 unspecified atom stereocenters. The van der Waals surface area contributed by atoms with Gasteiger partial charge < -0.3 is 5.11 Å². The van der Waals surface area contributed by atoms with Crippen molar-refractivity contribution in [2.24, 2.45) is 0 Å². The molecule has 2 rings (SSSR count). The first-order chi connectivity index (χ1) is 5.72. The lowest BCUT2D eigenvalue weighted by atomic mass is 10.1. The highest BCUT2D eigenvalue weighted by Crippen LogP contribution is 2.29. The van der Waals surface area contributed by atoms with Crippen molar-refractivity contribution in [1.82, 2.24) is 0 Å². The SMILES string of the molecule is O=C(c1ccccc1)C1(O)OO1. The number of carbonyl (C=O) groups excluding carboxylic acids is 1. The zero-order valence-corrected chi connectivity index (χ0v) is 6.06. The summed E-state index contributed by atoms with van der Waals surface area (Å²) in [7, 11) is 0. The van der Waals surface area contributed by atoms with Crippen LogP contribution in [-0.2, 0) is 9.78 Å². The summed E-state index contributed by atoms with van der Waals surface area (Å²) in [4.78, 5) is 19.5. The van der Waals surface area contributed by atoms with Crippen LogP contribution in [0.1, 0.15) is 10.4 Å². The van der Waals surface area contributed by atoms with Gasteiger partial charge in [-0.2, -0.15) is 9.78 Å². The van der Waals surface area contributed by atoms with Gasteiger partial charge in [0.2, 0.25) is 0 Å². The van der Waals surface area contributed by atoms with E-state index in [9.17, 15) is 4.79 Å². The summed E-state index contributed by atoms with van der Waals surface area (Å²) in [5, 5.41) is 9.06. The van der Waals surface area contributed by atoms with Gasteiger partial charge in [-0.3, -0.25) is 4.79 Å². The van der Waals surface area contributed by atoms with Gasteiger partial charge in [0.05, 0.1) is 0 Å². The third-order valence-corrected chi connectivity index (χ3v) is 1.56. The zero-order valence-electron chi connectivity index (χ0n) is 6.06. The van der Waals surface area contributed by atoms with Gasteiger partial charge in [-0.25, -0.2) is 0 Å².